The van der Waals surface area contributed by atoms with E-state index in [4.69, 9.17) is 5.11 Å². The zero-order valence-corrected chi connectivity index (χ0v) is 8.84. The molecule has 0 aliphatic heterocycles. The first-order chi connectivity index (χ1) is 6.33. The largest absolute Gasteiger partial charge is 0.396 e. The predicted molar refractivity (Wildman–Crippen MR) is 57.3 cm³/mol. The molecule has 0 aromatic heterocycles. The SMILES string of the molecule is OCCCC#Cc1ccc(Br)cc1. The fourth-order valence-electron chi connectivity index (χ4n) is 0.865. The van der Waals surface area contributed by atoms with Gasteiger partial charge in [-0.15, -0.1) is 0 Å². The second-order valence-electron chi connectivity index (χ2n) is 2.64. The first-order valence-electron chi connectivity index (χ1n) is 4.18. The number of halogens is 1. The molecule has 0 bridgehead atoms. The van der Waals surface area contributed by atoms with Gasteiger partial charge in [-0.3, -0.25) is 0 Å². The molecule has 0 fully saturated rings. The zero-order chi connectivity index (χ0) is 9.52. The fourth-order valence-corrected chi connectivity index (χ4v) is 1.13. The Hall–Kier alpha value is -0.780. The lowest BCUT2D eigenvalue weighted by Crippen LogP contribution is -1.79. The van der Waals surface area contributed by atoms with E-state index in [9.17, 15) is 0 Å². The first-order valence-corrected chi connectivity index (χ1v) is 4.97. The van der Waals surface area contributed by atoms with Crippen LogP contribution in [-0.4, -0.2) is 11.7 Å². The van der Waals surface area contributed by atoms with Gasteiger partial charge in [-0.1, -0.05) is 27.8 Å². The normalized spacial score (nSPS) is 9.08. The molecule has 1 aromatic rings. The summed E-state index contributed by atoms with van der Waals surface area (Å²) in [4.78, 5) is 0. The van der Waals surface area contributed by atoms with Gasteiger partial charge < -0.3 is 5.11 Å². The van der Waals surface area contributed by atoms with Crippen LogP contribution < -0.4 is 0 Å². The number of aliphatic hydroxyl groups is 1. The van der Waals surface area contributed by atoms with Gasteiger partial charge in [0.2, 0.25) is 0 Å². The Kier molecular flexibility index (Phi) is 4.59. The van der Waals surface area contributed by atoms with Crippen molar-refractivity contribution in [3.63, 3.8) is 0 Å². The molecular weight excluding hydrogens is 228 g/mol. The van der Waals surface area contributed by atoms with Crippen LogP contribution in [0.25, 0.3) is 0 Å². The van der Waals surface area contributed by atoms with Gasteiger partial charge in [-0.2, -0.15) is 0 Å². The standard InChI is InChI=1S/C11H11BrO/c12-11-7-5-10(6-8-11)4-2-1-3-9-13/h5-8,13H,1,3,9H2. The molecular formula is C11H11BrO. The highest BCUT2D eigenvalue weighted by Gasteiger charge is 1.86. The summed E-state index contributed by atoms with van der Waals surface area (Å²) in [6.07, 6.45) is 1.51. The summed E-state index contributed by atoms with van der Waals surface area (Å²) in [5, 5.41) is 8.53. The van der Waals surface area contributed by atoms with Crippen LogP contribution in [0.15, 0.2) is 28.7 Å². The Morgan fingerprint density at radius 3 is 2.54 bits per heavy atom. The summed E-state index contributed by atoms with van der Waals surface area (Å²) >= 11 is 3.36. The Balaban J connectivity index is 2.52. The van der Waals surface area contributed by atoms with Gasteiger partial charge in [0, 0.05) is 23.1 Å². The van der Waals surface area contributed by atoms with Gasteiger partial charge in [0.1, 0.15) is 0 Å². The summed E-state index contributed by atoms with van der Waals surface area (Å²) in [6, 6.07) is 7.87. The third kappa shape index (κ3) is 4.12. The molecule has 0 saturated carbocycles. The number of benzene rings is 1. The van der Waals surface area contributed by atoms with E-state index in [-0.39, 0.29) is 6.61 Å². The van der Waals surface area contributed by atoms with Crippen molar-refractivity contribution in [1.82, 2.24) is 0 Å². The molecule has 0 spiro atoms. The Bertz CT molecular complexity index is 305. The van der Waals surface area contributed by atoms with Crippen molar-refractivity contribution in [1.29, 1.82) is 0 Å². The highest BCUT2D eigenvalue weighted by atomic mass is 79.9. The third-order valence-corrected chi connectivity index (χ3v) is 2.07. The van der Waals surface area contributed by atoms with Crippen LogP contribution in [-0.2, 0) is 0 Å². The molecule has 0 radical (unpaired) electrons. The number of rotatable bonds is 2. The minimum atomic E-state index is 0.217. The van der Waals surface area contributed by atoms with Crippen molar-refractivity contribution in [3.8, 4) is 11.8 Å². The number of hydrogen-bond donors (Lipinski definition) is 1. The van der Waals surface area contributed by atoms with Crippen molar-refractivity contribution in [2.45, 2.75) is 12.8 Å². The van der Waals surface area contributed by atoms with E-state index in [0.29, 0.717) is 0 Å². The highest BCUT2D eigenvalue weighted by Crippen LogP contribution is 2.09. The molecule has 1 aromatic carbocycles. The van der Waals surface area contributed by atoms with E-state index < -0.39 is 0 Å². The van der Waals surface area contributed by atoms with Crippen LogP contribution in [0.3, 0.4) is 0 Å². The summed E-state index contributed by atoms with van der Waals surface area (Å²) in [7, 11) is 0. The van der Waals surface area contributed by atoms with Crippen LogP contribution in [0.5, 0.6) is 0 Å². The molecule has 0 atom stereocenters. The molecule has 0 saturated heterocycles. The molecule has 0 heterocycles. The van der Waals surface area contributed by atoms with Gasteiger partial charge in [0.05, 0.1) is 0 Å². The number of hydrogen-bond acceptors (Lipinski definition) is 1. The Morgan fingerprint density at radius 1 is 1.23 bits per heavy atom. The van der Waals surface area contributed by atoms with Crippen LogP contribution in [0.1, 0.15) is 18.4 Å². The summed E-state index contributed by atoms with van der Waals surface area (Å²) in [5.74, 6) is 6.02. The van der Waals surface area contributed by atoms with E-state index in [0.717, 1.165) is 22.9 Å². The van der Waals surface area contributed by atoms with Crippen LogP contribution in [0.4, 0.5) is 0 Å². The van der Waals surface area contributed by atoms with Crippen molar-refractivity contribution >= 4 is 15.9 Å². The van der Waals surface area contributed by atoms with Gasteiger partial charge in [0.15, 0.2) is 0 Å². The van der Waals surface area contributed by atoms with E-state index in [1.807, 2.05) is 24.3 Å². The van der Waals surface area contributed by atoms with Crippen molar-refractivity contribution < 1.29 is 5.11 Å². The van der Waals surface area contributed by atoms with Crippen molar-refractivity contribution in [3.05, 3.63) is 34.3 Å². The summed E-state index contributed by atoms with van der Waals surface area (Å²) < 4.78 is 1.06. The van der Waals surface area contributed by atoms with Crippen molar-refractivity contribution in [2.75, 3.05) is 6.61 Å². The molecule has 0 amide bonds. The Labute approximate surface area is 86.9 Å². The quantitative estimate of drug-likeness (QED) is 0.621. The monoisotopic (exact) mass is 238 g/mol. The van der Waals surface area contributed by atoms with Gasteiger partial charge in [-0.05, 0) is 30.7 Å². The van der Waals surface area contributed by atoms with E-state index in [1.165, 1.54) is 0 Å². The van der Waals surface area contributed by atoms with E-state index in [1.54, 1.807) is 0 Å². The van der Waals surface area contributed by atoms with Gasteiger partial charge in [0.25, 0.3) is 0 Å². The zero-order valence-electron chi connectivity index (χ0n) is 7.26. The lowest BCUT2D eigenvalue weighted by molar-refractivity contribution is 0.290. The highest BCUT2D eigenvalue weighted by molar-refractivity contribution is 9.10. The predicted octanol–water partition coefficient (Wildman–Crippen LogP) is 2.57. The molecule has 1 nitrogen and oxygen atoms in total. The maximum atomic E-state index is 8.53. The minimum absolute atomic E-state index is 0.217. The maximum Gasteiger partial charge on any atom is 0.0440 e. The summed E-state index contributed by atoms with van der Waals surface area (Å²) in [6.45, 7) is 0.217. The molecule has 13 heavy (non-hydrogen) atoms. The van der Waals surface area contributed by atoms with Gasteiger partial charge in [-0.25, -0.2) is 0 Å². The molecule has 0 aliphatic rings. The second kappa shape index (κ2) is 5.80. The Morgan fingerprint density at radius 2 is 1.92 bits per heavy atom. The topological polar surface area (TPSA) is 20.2 Å². The van der Waals surface area contributed by atoms with E-state index >= 15 is 0 Å². The molecule has 1 rings (SSSR count). The van der Waals surface area contributed by atoms with Crippen LogP contribution in [0.2, 0.25) is 0 Å². The van der Waals surface area contributed by atoms with Gasteiger partial charge >= 0.3 is 0 Å². The lowest BCUT2D eigenvalue weighted by atomic mass is 10.2. The molecule has 68 valence electrons. The minimum Gasteiger partial charge on any atom is -0.396 e. The molecule has 2 heteroatoms. The van der Waals surface area contributed by atoms with Crippen LogP contribution >= 0.6 is 15.9 Å². The average molecular weight is 239 g/mol. The summed E-state index contributed by atoms with van der Waals surface area (Å²) in [5.41, 5.74) is 1.01. The smallest absolute Gasteiger partial charge is 0.0440 e. The first kappa shape index (κ1) is 10.3. The van der Waals surface area contributed by atoms with Crippen LogP contribution in [0, 0.1) is 11.8 Å². The van der Waals surface area contributed by atoms with E-state index in [2.05, 4.69) is 27.8 Å². The fraction of sp³-hybridized carbons (Fsp3) is 0.273. The molecule has 0 aliphatic carbocycles. The third-order valence-electron chi connectivity index (χ3n) is 1.54. The lowest BCUT2D eigenvalue weighted by Gasteiger charge is -1.90. The van der Waals surface area contributed by atoms with Crippen molar-refractivity contribution in [2.24, 2.45) is 0 Å². The maximum absolute atomic E-state index is 8.53. The molecule has 1 N–H and O–H groups in total. The number of unbranched alkanes of at least 4 members (excludes halogenated alkanes) is 1. The molecule has 0 unspecified atom stereocenters. The average Bonchev–Trinajstić information content (AvgIpc) is 2.15. The number of aliphatic hydroxyl groups excluding tert-OH is 1. The second-order valence-corrected chi connectivity index (χ2v) is 3.55.